The first-order chi connectivity index (χ1) is 42.7. The number of thioether (sulfide) groups is 1. The van der Waals surface area contributed by atoms with E-state index in [1.165, 1.54) is 44.1 Å². The van der Waals surface area contributed by atoms with Crippen molar-refractivity contribution in [3.8, 4) is 40.9 Å². The highest BCUT2D eigenvalue weighted by molar-refractivity contribution is 14.1. The minimum absolute atomic E-state index is 0.0135. The number of methoxy groups -OCH3 is 4. The monoisotopic (exact) mass is 1540 g/mol. The lowest BCUT2D eigenvalue weighted by molar-refractivity contribution is -0.328. The second kappa shape index (κ2) is 33.1. The van der Waals surface area contributed by atoms with Gasteiger partial charge in [-0.3, -0.25) is 24.5 Å². The number of carbonyl (C=O) groups excluding carboxylic acids is 4. The summed E-state index contributed by atoms with van der Waals surface area (Å²) < 4.78 is 68.7. The number of ether oxygens (including phenoxy) is 11. The summed E-state index contributed by atoms with van der Waals surface area (Å²) in [5, 5.41) is 57.1. The molecule has 0 radical (unpaired) electrons. The van der Waals surface area contributed by atoms with Crippen LogP contribution in [0.5, 0.6) is 17.2 Å². The fraction of sp³-hybridized carbons (Fsp3) is 0.672. The second-order valence-electron chi connectivity index (χ2n) is 22.9. The zero-order valence-electron chi connectivity index (χ0n) is 52.5. The molecule has 1 aromatic carbocycles. The first-order valence-electron chi connectivity index (χ1n) is 29.5. The van der Waals surface area contributed by atoms with E-state index in [0.29, 0.717) is 19.4 Å². The average molecular weight is 1540 g/mol. The Balaban J connectivity index is 1.15. The molecule has 7 rings (SSSR count). The topological polar surface area (TPSA) is 307 Å². The summed E-state index contributed by atoms with van der Waals surface area (Å²) in [4.78, 5) is 62.6. The van der Waals surface area contributed by atoms with Crippen molar-refractivity contribution in [2.24, 2.45) is 11.8 Å². The van der Waals surface area contributed by atoms with Crippen molar-refractivity contribution in [3.05, 3.63) is 47.8 Å². The van der Waals surface area contributed by atoms with Crippen LogP contribution in [0.3, 0.4) is 0 Å². The Kier molecular flexibility index (Phi) is 27.4. The van der Waals surface area contributed by atoms with Gasteiger partial charge in [0, 0.05) is 70.5 Å². The highest BCUT2D eigenvalue weighted by Crippen LogP contribution is 2.50. The third kappa shape index (κ3) is 17.1. The smallest absolute Gasteiger partial charge is 0.411 e. The van der Waals surface area contributed by atoms with Crippen molar-refractivity contribution in [2.75, 3.05) is 54.0 Å². The van der Waals surface area contributed by atoms with Crippen LogP contribution >= 0.6 is 78.5 Å². The van der Waals surface area contributed by atoms with E-state index in [2.05, 4.69) is 55.2 Å². The zero-order chi connectivity index (χ0) is 66.1. The molecule has 500 valence electrons. The summed E-state index contributed by atoms with van der Waals surface area (Å²) in [6.45, 7) is 16.6. The van der Waals surface area contributed by atoms with Gasteiger partial charge in [-0.25, -0.2) is 4.79 Å². The molecule has 6 aliphatic rings. The number of amides is 2. The molecule has 4 fully saturated rings. The molecule has 0 spiro atoms. The van der Waals surface area contributed by atoms with Gasteiger partial charge in [-0.2, -0.15) is 5.48 Å². The summed E-state index contributed by atoms with van der Waals surface area (Å²) in [7, 11) is 8.62. The number of rotatable bonds is 23. The average Bonchev–Trinajstić information content (AvgIpc) is 0.816. The van der Waals surface area contributed by atoms with Crippen LogP contribution in [0.15, 0.2) is 35.1 Å². The Bertz CT molecular complexity index is 2960. The zero-order valence-corrected chi connectivity index (χ0v) is 59.2. The predicted molar refractivity (Wildman–Crippen MR) is 351 cm³/mol. The largest absolute Gasteiger partial charge is 0.492 e. The second-order valence-corrected chi connectivity index (χ2v) is 29.3. The molecule has 1 aromatic rings. The molecule has 24 nitrogen and oxygen atoms in total. The standard InChI is InChI=1S/C61H83I2N3O21S3/c1-14-60(8,9)90-88-23-21-35-43-39(20-18-16-17-19-22-61(35,75)26-38(70)48(43)64-59(74)79-13)84-58-51(85-41-25-40(76-10)36(28-80-41)66(15-2)33(7)68)29(3)47(30(4)82-58)65-87-42-24-37(69)55(32(6)81-42)89-56(73)44-45(62)46(63)53(54(78-12)52(44)77-11)86-57-50(72)34(27-67)49(71)31(5)83-57/h16-17,21,29-32,34,36-37,39-42,47,49-51,55,57-58,65,67,69,71-72,75H,14-15,23-28H2,1-13H3,(H,64,74)/b17-16-,35-21+/t29-,30+,31-,32+,34+,36-,37-,39-,40-,41-,42-,47-,49-,50+,51+,55+,57-,58-,61-/m0/s1. The fourth-order valence-corrected chi connectivity index (χ4v) is 16.5. The Labute approximate surface area is 564 Å². The third-order valence-corrected chi connectivity index (χ3v) is 24.5. The summed E-state index contributed by atoms with van der Waals surface area (Å²) in [6.07, 6.45) is -9.49. The number of allylic oxidation sites excluding steroid dienone is 3. The van der Waals surface area contributed by atoms with Crippen LogP contribution in [-0.4, -0.2) is 215 Å². The predicted octanol–water partition coefficient (Wildman–Crippen LogP) is 5.53. The lowest BCUT2D eigenvalue weighted by Crippen LogP contribution is -2.62. The van der Waals surface area contributed by atoms with E-state index in [9.17, 15) is 44.7 Å². The highest BCUT2D eigenvalue weighted by Gasteiger charge is 2.52. The number of nitrogens with zero attached hydrogens (tertiary/aromatic N) is 1. The van der Waals surface area contributed by atoms with Crippen molar-refractivity contribution in [1.29, 1.82) is 0 Å². The maximum absolute atomic E-state index is 14.5. The van der Waals surface area contributed by atoms with Gasteiger partial charge in [-0.15, -0.1) is 0 Å². The number of aliphatic hydroxyl groups is 5. The lowest BCUT2D eigenvalue weighted by Gasteiger charge is -2.48. The van der Waals surface area contributed by atoms with Crippen molar-refractivity contribution >= 4 is 101 Å². The van der Waals surface area contributed by atoms with Gasteiger partial charge in [0.25, 0.3) is 0 Å². The van der Waals surface area contributed by atoms with Gasteiger partial charge in [-0.05, 0) is 105 Å². The molecule has 2 bridgehead atoms. The number of hydroxylamine groups is 1. The Morgan fingerprint density at radius 3 is 2.23 bits per heavy atom. The van der Waals surface area contributed by atoms with Crippen molar-refractivity contribution < 1.29 is 102 Å². The van der Waals surface area contributed by atoms with Crippen LogP contribution in [0.4, 0.5) is 4.79 Å². The minimum atomic E-state index is -2.05. The van der Waals surface area contributed by atoms with E-state index in [1.54, 1.807) is 49.7 Å². The van der Waals surface area contributed by atoms with Crippen molar-refractivity contribution in [1.82, 2.24) is 15.7 Å². The van der Waals surface area contributed by atoms with Crippen LogP contribution in [0.25, 0.3) is 0 Å². The van der Waals surface area contributed by atoms with Gasteiger partial charge in [-0.1, -0.05) is 77.0 Å². The summed E-state index contributed by atoms with van der Waals surface area (Å²) >= 11 is 4.81. The maximum Gasteiger partial charge on any atom is 0.411 e. The Hall–Kier alpha value is -3.01. The number of halogens is 2. The summed E-state index contributed by atoms with van der Waals surface area (Å²) in [5.41, 5.74) is 1.22. The molecular weight excluding hydrogens is 1460 g/mol. The van der Waals surface area contributed by atoms with Crippen molar-refractivity contribution in [3.63, 3.8) is 0 Å². The molecular formula is C61H83I2N3O21S3. The number of ketones is 1. The SMILES string of the molecule is CCN(C(C)=O)[C@H]1CO[C@@H](O[C@H]2[C@H](O[C@H]3C#C/C=C\C#C[C@]4(O)CC(=O)C(NC(=O)OC)=C3/C4=C\CSSC(C)(C)CC)O[C@H](C)[C@@H](NO[C@H]3C[C@H](O)[C@H](SC(=O)c4c(I)c(I)c(O[C@@H]5O[C@@H](C)[C@H](O)[C@@H](CO)[C@H]5O)c(OC)c4OC)[C@@H](C)O3)[C@@H]2C)C[C@@H]1OC. The van der Waals surface area contributed by atoms with E-state index in [1.807, 2.05) is 59.0 Å². The number of aliphatic hydroxyl groups excluding tert-OH is 4. The fourth-order valence-electron chi connectivity index (χ4n) is 11.4. The quantitative estimate of drug-likeness (QED) is 0.0233. The molecule has 19 atom stereocenters. The molecule has 4 heterocycles. The molecule has 0 saturated carbocycles. The van der Waals surface area contributed by atoms with E-state index in [0.717, 1.165) is 25.3 Å². The Morgan fingerprint density at radius 2 is 1.60 bits per heavy atom. The van der Waals surface area contributed by atoms with Crippen LogP contribution in [0.2, 0.25) is 0 Å². The molecule has 2 amide bonds. The van der Waals surface area contributed by atoms with E-state index in [-0.39, 0.29) is 69.8 Å². The van der Waals surface area contributed by atoms with E-state index in [4.69, 9.17) is 56.9 Å². The van der Waals surface area contributed by atoms with Crippen LogP contribution in [0, 0.1) is 42.7 Å². The first kappa shape index (κ1) is 74.4. The number of fused-ring (bicyclic) bond motifs is 2. The van der Waals surface area contributed by atoms with Gasteiger partial charge in [0.05, 0.1) is 110 Å². The van der Waals surface area contributed by atoms with Gasteiger partial charge in [0.15, 0.2) is 41.8 Å². The molecule has 4 saturated heterocycles. The normalized spacial score (nSPS) is 34.4. The number of likely N-dealkylation sites (N-methyl/N-ethyl adjacent to an activating group) is 1. The van der Waals surface area contributed by atoms with Gasteiger partial charge in [0.1, 0.15) is 18.3 Å². The third-order valence-electron chi connectivity index (χ3n) is 16.7. The number of hydrogen-bond acceptors (Lipinski definition) is 25. The van der Waals surface area contributed by atoms with E-state index < -0.39 is 145 Å². The van der Waals surface area contributed by atoms with Gasteiger partial charge < -0.3 is 82.5 Å². The summed E-state index contributed by atoms with van der Waals surface area (Å²) in [5.74, 6) is 9.85. The number of benzene rings is 1. The number of hydrogen-bond donors (Lipinski definition) is 7. The molecule has 0 unspecified atom stereocenters. The molecule has 2 aliphatic carbocycles. The lowest BCUT2D eigenvalue weighted by atomic mass is 9.75. The molecule has 29 heteroatoms. The number of Topliss-reactive ketones (excluding diaryl/α,β-unsaturated/α-hetero) is 1. The maximum atomic E-state index is 14.5. The van der Waals surface area contributed by atoms with Crippen LogP contribution in [0.1, 0.15) is 98.4 Å². The van der Waals surface area contributed by atoms with Crippen LogP contribution < -0.4 is 25.0 Å². The highest BCUT2D eigenvalue weighted by atomic mass is 127. The first-order valence-corrected chi connectivity index (χ1v) is 34.9. The van der Waals surface area contributed by atoms with Crippen LogP contribution in [-0.2, 0) is 52.3 Å². The summed E-state index contributed by atoms with van der Waals surface area (Å²) in [6, 6.07) is -1.13. The molecule has 4 aliphatic heterocycles. The van der Waals surface area contributed by atoms with Crippen molar-refractivity contribution in [2.45, 2.75) is 196 Å². The minimum Gasteiger partial charge on any atom is -0.492 e. The van der Waals surface area contributed by atoms with E-state index >= 15 is 0 Å². The molecule has 0 aromatic heterocycles. The molecule has 7 N–H and O–H groups in total. The number of carbonyl (C=O) groups is 4. The van der Waals surface area contributed by atoms with Gasteiger partial charge >= 0.3 is 6.09 Å². The Morgan fingerprint density at radius 1 is 0.900 bits per heavy atom. The number of nitrogens with one attached hydrogen (secondary N) is 2. The number of alkyl carbamates (subject to hydrolysis) is 1. The molecule has 90 heavy (non-hydrogen) atoms. The van der Waals surface area contributed by atoms with Gasteiger partial charge in [0.2, 0.25) is 23.1 Å².